The fourth-order valence-electron chi connectivity index (χ4n) is 2.59. The van der Waals surface area contributed by atoms with Crippen molar-refractivity contribution in [3.63, 3.8) is 0 Å². The van der Waals surface area contributed by atoms with Gasteiger partial charge < -0.3 is 14.8 Å². The van der Waals surface area contributed by atoms with Crippen molar-refractivity contribution >= 4 is 21.6 Å². The van der Waals surface area contributed by atoms with Crippen molar-refractivity contribution in [1.29, 1.82) is 0 Å². The molecule has 0 aliphatic heterocycles. The Kier molecular flexibility index (Phi) is 7.42. The molecule has 0 aromatic heterocycles. The van der Waals surface area contributed by atoms with Gasteiger partial charge in [0.25, 0.3) is 0 Å². The molecule has 0 saturated carbocycles. The first-order valence-corrected chi connectivity index (χ1v) is 10.3. The van der Waals surface area contributed by atoms with Gasteiger partial charge in [-0.2, -0.15) is 4.72 Å². The lowest BCUT2D eigenvalue weighted by Crippen LogP contribution is -2.44. The minimum absolute atomic E-state index is 0.0688. The van der Waals surface area contributed by atoms with Crippen LogP contribution in [0.4, 0.5) is 5.69 Å². The standard InChI is InChI=1S/C20H26N2O5S/c1-14(2)13-19(20(23)21-15-5-7-16(26-3)8-6-15)22-28(24,25)18-11-9-17(27-4)10-12-18/h5-12,14,19,22H,13H2,1-4H3,(H,21,23)/t19-/m1/s1. The first-order chi connectivity index (χ1) is 13.2. The Morgan fingerprint density at radius 3 is 1.89 bits per heavy atom. The highest BCUT2D eigenvalue weighted by Gasteiger charge is 2.26. The number of sulfonamides is 1. The average molecular weight is 407 g/mol. The molecule has 7 nitrogen and oxygen atoms in total. The van der Waals surface area contributed by atoms with Crippen molar-refractivity contribution in [2.45, 2.75) is 31.2 Å². The predicted octanol–water partition coefficient (Wildman–Crippen LogP) is 3.04. The number of carbonyl (C=O) groups excluding carboxylic acids is 1. The van der Waals surface area contributed by atoms with E-state index in [1.807, 2.05) is 13.8 Å². The zero-order chi connectivity index (χ0) is 20.7. The van der Waals surface area contributed by atoms with E-state index in [9.17, 15) is 13.2 Å². The molecule has 28 heavy (non-hydrogen) atoms. The zero-order valence-electron chi connectivity index (χ0n) is 16.4. The summed E-state index contributed by atoms with van der Waals surface area (Å²) in [4.78, 5) is 12.8. The summed E-state index contributed by atoms with van der Waals surface area (Å²) in [5.74, 6) is 0.910. The first-order valence-electron chi connectivity index (χ1n) is 8.86. The van der Waals surface area contributed by atoms with Crippen LogP contribution in [0.25, 0.3) is 0 Å². The SMILES string of the molecule is COc1ccc(NC(=O)[C@@H](CC(C)C)NS(=O)(=O)c2ccc(OC)cc2)cc1. The van der Waals surface area contributed by atoms with Crippen molar-refractivity contribution in [2.75, 3.05) is 19.5 Å². The van der Waals surface area contributed by atoms with Gasteiger partial charge in [-0.3, -0.25) is 4.79 Å². The van der Waals surface area contributed by atoms with E-state index in [0.717, 1.165) is 0 Å². The number of carbonyl (C=O) groups is 1. The number of amides is 1. The van der Waals surface area contributed by atoms with Crippen LogP contribution in [0.2, 0.25) is 0 Å². The minimum Gasteiger partial charge on any atom is -0.497 e. The highest BCUT2D eigenvalue weighted by molar-refractivity contribution is 7.89. The Labute approximate surface area is 166 Å². The van der Waals surface area contributed by atoms with Gasteiger partial charge in [-0.25, -0.2) is 8.42 Å². The van der Waals surface area contributed by atoms with Gasteiger partial charge in [-0.15, -0.1) is 0 Å². The van der Waals surface area contributed by atoms with Crippen molar-refractivity contribution < 1.29 is 22.7 Å². The van der Waals surface area contributed by atoms with Gasteiger partial charge in [0.05, 0.1) is 19.1 Å². The Hall–Kier alpha value is -2.58. The molecule has 0 aliphatic rings. The highest BCUT2D eigenvalue weighted by Crippen LogP contribution is 2.19. The maximum absolute atomic E-state index is 12.7. The Morgan fingerprint density at radius 1 is 0.929 bits per heavy atom. The number of hydrogen-bond acceptors (Lipinski definition) is 5. The molecule has 0 aliphatic carbocycles. The van der Waals surface area contributed by atoms with Crippen LogP contribution < -0.4 is 19.5 Å². The van der Waals surface area contributed by atoms with Gasteiger partial charge in [-0.1, -0.05) is 13.8 Å². The second-order valence-electron chi connectivity index (χ2n) is 6.70. The predicted molar refractivity (Wildman–Crippen MR) is 108 cm³/mol. The quantitative estimate of drug-likeness (QED) is 0.668. The van der Waals surface area contributed by atoms with Gasteiger partial charge in [-0.05, 0) is 60.9 Å². The van der Waals surface area contributed by atoms with E-state index in [2.05, 4.69) is 10.0 Å². The summed E-state index contributed by atoms with van der Waals surface area (Å²) >= 11 is 0. The third kappa shape index (κ3) is 5.97. The van der Waals surface area contributed by atoms with Crippen LogP contribution in [-0.4, -0.2) is 34.6 Å². The van der Waals surface area contributed by atoms with E-state index in [-0.39, 0.29) is 10.8 Å². The van der Waals surface area contributed by atoms with Crippen molar-refractivity contribution in [1.82, 2.24) is 4.72 Å². The number of methoxy groups -OCH3 is 2. The number of ether oxygens (including phenoxy) is 2. The van der Waals surface area contributed by atoms with Crippen LogP contribution in [0, 0.1) is 5.92 Å². The zero-order valence-corrected chi connectivity index (χ0v) is 17.2. The summed E-state index contributed by atoms with van der Waals surface area (Å²) in [7, 11) is -0.805. The van der Waals surface area contributed by atoms with Crippen LogP contribution in [0.1, 0.15) is 20.3 Å². The molecular formula is C20H26N2O5S. The molecule has 8 heteroatoms. The maximum atomic E-state index is 12.7. The number of benzene rings is 2. The number of nitrogens with one attached hydrogen (secondary N) is 2. The molecule has 0 fully saturated rings. The summed E-state index contributed by atoms with van der Waals surface area (Å²) in [6, 6.07) is 11.9. The van der Waals surface area contributed by atoms with Crippen molar-refractivity contribution in [3.8, 4) is 11.5 Å². The second kappa shape index (κ2) is 9.57. The maximum Gasteiger partial charge on any atom is 0.242 e. The summed E-state index contributed by atoms with van der Waals surface area (Å²) < 4.78 is 38.1. The van der Waals surface area contributed by atoms with E-state index >= 15 is 0 Å². The van der Waals surface area contributed by atoms with E-state index in [1.165, 1.54) is 19.2 Å². The highest BCUT2D eigenvalue weighted by atomic mass is 32.2. The molecule has 2 N–H and O–H groups in total. The molecule has 2 aromatic carbocycles. The molecule has 0 spiro atoms. The first kappa shape index (κ1) is 21.7. The number of hydrogen-bond donors (Lipinski definition) is 2. The number of anilines is 1. The van der Waals surface area contributed by atoms with Crippen LogP contribution >= 0.6 is 0 Å². The van der Waals surface area contributed by atoms with Gasteiger partial charge in [0.2, 0.25) is 15.9 Å². The topological polar surface area (TPSA) is 93.7 Å². The van der Waals surface area contributed by atoms with Crippen LogP contribution in [0.3, 0.4) is 0 Å². The fraction of sp³-hybridized carbons (Fsp3) is 0.350. The van der Waals surface area contributed by atoms with Gasteiger partial charge in [0.15, 0.2) is 0 Å². The monoisotopic (exact) mass is 406 g/mol. The van der Waals surface area contributed by atoms with Crippen molar-refractivity contribution in [3.05, 3.63) is 48.5 Å². The molecule has 2 rings (SSSR count). The minimum atomic E-state index is -3.86. The van der Waals surface area contributed by atoms with Crippen LogP contribution in [-0.2, 0) is 14.8 Å². The third-order valence-electron chi connectivity index (χ3n) is 4.05. The molecule has 152 valence electrons. The lowest BCUT2D eigenvalue weighted by Gasteiger charge is -2.20. The number of rotatable bonds is 9. The lowest BCUT2D eigenvalue weighted by molar-refractivity contribution is -0.118. The van der Waals surface area contributed by atoms with E-state index in [4.69, 9.17) is 9.47 Å². The van der Waals surface area contributed by atoms with Gasteiger partial charge in [0.1, 0.15) is 17.5 Å². The van der Waals surface area contributed by atoms with Gasteiger partial charge in [0, 0.05) is 5.69 Å². The van der Waals surface area contributed by atoms with Crippen LogP contribution in [0.5, 0.6) is 11.5 Å². The van der Waals surface area contributed by atoms with Crippen molar-refractivity contribution in [2.24, 2.45) is 5.92 Å². The Balaban J connectivity index is 2.17. The molecule has 1 atom stereocenters. The molecule has 0 bridgehead atoms. The average Bonchev–Trinajstić information content (AvgIpc) is 2.67. The molecule has 0 saturated heterocycles. The molecule has 0 unspecified atom stereocenters. The van der Waals surface area contributed by atoms with Crippen LogP contribution in [0.15, 0.2) is 53.4 Å². The van der Waals surface area contributed by atoms with E-state index in [0.29, 0.717) is 23.6 Å². The molecule has 2 aromatic rings. The normalized spacial score (nSPS) is 12.5. The molecular weight excluding hydrogens is 380 g/mol. The largest absolute Gasteiger partial charge is 0.497 e. The summed E-state index contributed by atoms with van der Waals surface area (Å²) in [5.41, 5.74) is 0.559. The summed E-state index contributed by atoms with van der Waals surface area (Å²) in [5, 5.41) is 2.75. The summed E-state index contributed by atoms with van der Waals surface area (Å²) in [6.45, 7) is 3.85. The Bertz CT molecular complexity index is 878. The Morgan fingerprint density at radius 2 is 1.43 bits per heavy atom. The van der Waals surface area contributed by atoms with Gasteiger partial charge >= 0.3 is 0 Å². The van der Waals surface area contributed by atoms with E-state index in [1.54, 1.807) is 43.5 Å². The third-order valence-corrected chi connectivity index (χ3v) is 5.54. The fourth-order valence-corrected chi connectivity index (χ4v) is 3.80. The second-order valence-corrected chi connectivity index (χ2v) is 8.41. The summed E-state index contributed by atoms with van der Waals surface area (Å²) in [6.07, 6.45) is 0.359. The molecule has 0 heterocycles. The molecule has 0 radical (unpaired) electrons. The lowest BCUT2D eigenvalue weighted by atomic mass is 10.0. The smallest absolute Gasteiger partial charge is 0.242 e. The van der Waals surface area contributed by atoms with E-state index < -0.39 is 22.0 Å². The molecule has 1 amide bonds.